The molecule has 218 valence electrons. The van der Waals surface area contributed by atoms with E-state index in [1.165, 1.54) is 12.1 Å². The molecule has 2 N–H and O–H groups in total. The van der Waals surface area contributed by atoms with Gasteiger partial charge in [-0.3, -0.25) is 0 Å². The quantitative estimate of drug-likeness (QED) is 0.232. The number of phenols is 2. The molecule has 0 aliphatic carbocycles. The first kappa shape index (κ1) is 29.6. The standard InChI is InChI=1S/C30H29N3O9/c1-4-39-26(36)16-41-20-10-12-22(24(34)14-20)29-31-28(18-6-8-19(38-3)9-7-18)32-30(33-29)23-13-11-21(15-25(23)35)42-17-27(37)40-5-2/h6-15,34-35H,4-5,16-17H2,1-3H3. The van der Waals surface area contributed by atoms with Gasteiger partial charge in [0.15, 0.2) is 30.7 Å². The van der Waals surface area contributed by atoms with Crippen molar-refractivity contribution in [2.45, 2.75) is 13.8 Å². The van der Waals surface area contributed by atoms with Crippen molar-refractivity contribution in [2.24, 2.45) is 0 Å². The maximum Gasteiger partial charge on any atom is 0.344 e. The summed E-state index contributed by atoms with van der Waals surface area (Å²) in [5.41, 5.74) is 1.14. The maximum atomic E-state index is 11.6. The van der Waals surface area contributed by atoms with Crippen LogP contribution in [0.1, 0.15) is 13.8 Å². The van der Waals surface area contributed by atoms with Crippen LogP contribution >= 0.6 is 0 Å². The van der Waals surface area contributed by atoms with E-state index in [1.54, 1.807) is 69.5 Å². The molecule has 1 aromatic heterocycles. The fourth-order valence-electron chi connectivity index (χ4n) is 3.76. The van der Waals surface area contributed by atoms with Gasteiger partial charge in [-0.05, 0) is 62.4 Å². The number of carbonyl (C=O) groups excluding carboxylic acids is 2. The number of benzene rings is 3. The van der Waals surface area contributed by atoms with Gasteiger partial charge in [-0.25, -0.2) is 24.5 Å². The molecule has 0 unspecified atom stereocenters. The number of esters is 2. The first-order valence-corrected chi connectivity index (χ1v) is 12.9. The van der Waals surface area contributed by atoms with Crippen LogP contribution in [0.5, 0.6) is 28.7 Å². The summed E-state index contributed by atoms with van der Waals surface area (Å²) < 4.78 is 25.7. The van der Waals surface area contributed by atoms with Crippen LogP contribution in [-0.2, 0) is 19.1 Å². The van der Waals surface area contributed by atoms with Crippen molar-refractivity contribution < 1.29 is 43.5 Å². The van der Waals surface area contributed by atoms with E-state index in [0.29, 0.717) is 11.3 Å². The second kappa shape index (κ2) is 13.8. The van der Waals surface area contributed by atoms with Crippen LogP contribution in [0.2, 0.25) is 0 Å². The highest BCUT2D eigenvalue weighted by atomic mass is 16.6. The van der Waals surface area contributed by atoms with E-state index in [9.17, 15) is 19.8 Å². The van der Waals surface area contributed by atoms with Gasteiger partial charge in [0.05, 0.1) is 31.5 Å². The summed E-state index contributed by atoms with van der Waals surface area (Å²) in [6, 6.07) is 15.9. The summed E-state index contributed by atoms with van der Waals surface area (Å²) in [6.45, 7) is 3.20. The molecular formula is C30H29N3O9. The summed E-state index contributed by atoms with van der Waals surface area (Å²) in [5, 5.41) is 21.6. The fourth-order valence-corrected chi connectivity index (χ4v) is 3.76. The zero-order valence-corrected chi connectivity index (χ0v) is 23.2. The van der Waals surface area contributed by atoms with Crippen molar-refractivity contribution in [1.29, 1.82) is 0 Å². The molecule has 0 fully saturated rings. The first-order valence-electron chi connectivity index (χ1n) is 12.9. The van der Waals surface area contributed by atoms with Gasteiger partial charge in [0.2, 0.25) is 0 Å². The van der Waals surface area contributed by atoms with Crippen molar-refractivity contribution in [1.82, 2.24) is 15.0 Å². The van der Waals surface area contributed by atoms with Crippen molar-refractivity contribution >= 4 is 11.9 Å². The average Bonchev–Trinajstić information content (AvgIpc) is 2.99. The summed E-state index contributed by atoms with van der Waals surface area (Å²) in [4.78, 5) is 36.9. The summed E-state index contributed by atoms with van der Waals surface area (Å²) in [7, 11) is 1.56. The number of rotatable bonds is 12. The fraction of sp³-hybridized carbons (Fsp3) is 0.233. The second-order valence-corrected chi connectivity index (χ2v) is 8.58. The molecule has 3 aromatic carbocycles. The Bertz CT molecular complexity index is 1470. The molecule has 0 spiro atoms. The Labute approximate surface area is 241 Å². The molecule has 0 atom stereocenters. The van der Waals surface area contributed by atoms with Gasteiger partial charge in [0, 0.05) is 17.7 Å². The number of carbonyl (C=O) groups is 2. The number of hydrogen-bond acceptors (Lipinski definition) is 12. The minimum absolute atomic E-state index is 0.113. The highest BCUT2D eigenvalue weighted by Crippen LogP contribution is 2.35. The van der Waals surface area contributed by atoms with E-state index < -0.39 is 11.9 Å². The highest BCUT2D eigenvalue weighted by molar-refractivity contribution is 5.74. The van der Waals surface area contributed by atoms with Crippen LogP contribution in [-0.4, -0.2) is 70.6 Å². The van der Waals surface area contributed by atoms with Gasteiger partial charge in [0.25, 0.3) is 0 Å². The molecule has 42 heavy (non-hydrogen) atoms. The Morgan fingerprint density at radius 1 is 0.643 bits per heavy atom. The average molecular weight is 576 g/mol. The molecule has 12 nitrogen and oxygen atoms in total. The predicted molar refractivity (Wildman–Crippen MR) is 150 cm³/mol. The van der Waals surface area contributed by atoms with Gasteiger partial charge in [-0.1, -0.05) is 0 Å². The van der Waals surface area contributed by atoms with Crippen LogP contribution in [0.25, 0.3) is 34.2 Å². The summed E-state index contributed by atoms with van der Waals surface area (Å²) in [6.07, 6.45) is 0. The third-order valence-electron chi connectivity index (χ3n) is 5.73. The van der Waals surface area contributed by atoms with Crippen LogP contribution in [0.4, 0.5) is 0 Å². The van der Waals surface area contributed by atoms with E-state index >= 15 is 0 Å². The van der Waals surface area contributed by atoms with Crippen LogP contribution < -0.4 is 14.2 Å². The Balaban J connectivity index is 1.71. The van der Waals surface area contributed by atoms with Gasteiger partial charge < -0.3 is 33.9 Å². The summed E-state index contributed by atoms with van der Waals surface area (Å²) >= 11 is 0. The van der Waals surface area contributed by atoms with Crippen molar-refractivity contribution in [3.63, 3.8) is 0 Å². The number of aromatic nitrogens is 3. The van der Waals surface area contributed by atoms with E-state index in [0.717, 1.165) is 0 Å². The van der Waals surface area contributed by atoms with Gasteiger partial charge in [-0.15, -0.1) is 0 Å². The van der Waals surface area contributed by atoms with Gasteiger partial charge >= 0.3 is 11.9 Å². The smallest absolute Gasteiger partial charge is 0.344 e. The minimum atomic E-state index is -0.538. The van der Waals surface area contributed by atoms with E-state index in [-0.39, 0.29) is 78.0 Å². The van der Waals surface area contributed by atoms with E-state index in [4.69, 9.17) is 23.7 Å². The second-order valence-electron chi connectivity index (χ2n) is 8.58. The van der Waals surface area contributed by atoms with Crippen LogP contribution in [0, 0.1) is 0 Å². The molecule has 4 rings (SSSR count). The van der Waals surface area contributed by atoms with Crippen molar-refractivity contribution in [3.8, 4) is 62.9 Å². The van der Waals surface area contributed by atoms with Gasteiger partial charge in [0.1, 0.15) is 28.7 Å². The number of methoxy groups -OCH3 is 1. The Hall–Kier alpha value is -5.39. The molecule has 4 aromatic rings. The lowest BCUT2D eigenvalue weighted by molar-refractivity contribution is -0.146. The molecule has 0 amide bonds. The monoisotopic (exact) mass is 575 g/mol. The molecule has 0 aliphatic heterocycles. The first-order chi connectivity index (χ1) is 20.3. The molecule has 0 saturated carbocycles. The Kier molecular flexibility index (Phi) is 9.72. The third-order valence-corrected chi connectivity index (χ3v) is 5.73. The maximum absolute atomic E-state index is 11.6. The molecule has 0 bridgehead atoms. The number of ether oxygens (including phenoxy) is 5. The van der Waals surface area contributed by atoms with Crippen LogP contribution in [0.3, 0.4) is 0 Å². The predicted octanol–water partition coefficient (Wildman–Crippen LogP) is 4.18. The topological polar surface area (TPSA) is 159 Å². The SMILES string of the molecule is CCOC(=O)COc1ccc(-c2nc(-c3ccc(OC)cc3)nc(-c3ccc(OCC(=O)OCC)cc3O)n2)c(O)c1. The molecule has 0 saturated heterocycles. The lowest BCUT2D eigenvalue weighted by atomic mass is 10.1. The highest BCUT2D eigenvalue weighted by Gasteiger charge is 2.18. The zero-order valence-electron chi connectivity index (χ0n) is 23.2. The molecular weight excluding hydrogens is 546 g/mol. The van der Waals surface area contributed by atoms with Crippen molar-refractivity contribution in [3.05, 3.63) is 60.7 Å². The van der Waals surface area contributed by atoms with Crippen LogP contribution in [0.15, 0.2) is 60.7 Å². The molecule has 0 aliphatic rings. The number of phenolic OH excluding ortho intramolecular Hbond substituents is 2. The molecule has 1 heterocycles. The number of nitrogens with zero attached hydrogens (tertiary/aromatic N) is 3. The number of hydrogen-bond donors (Lipinski definition) is 2. The Morgan fingerprint density at radius 3 is 1.48 bits per heavy atom. The Morgan fingerprint density at radius 2 is 1.07 bits per heavy atom. The zero-order chi connectivity index (χ0) is 30.1. The molecule has 12 heteroatoms. The van der Waals surface area contributed by atoms with E-state index in [2.05, 4.69) is 15.0 Å². The minimum Gasteiger partial charge on any atom is -0.507 e. The lowest BCUT2D eigenvalue weighted by Gasteiger charge is -2.12. The molecule has 0 radical (unpaired) electrons. The van der Waals surface area contributed by atoms with Crippen molar-refractivity contribution in [2.75, 3.05) is 33.5 Å². The van der Waals surface area contributed by atoms with E-state index in [1.807, 2.05) is 0 Å². The third kappa shape index (κ3) is 7.42. The van der Waals surface area contributed by atoms with Gasteiger partial charge in [-0.2, -0.15) is 0 Å². The largest absolute Gasteiger partial charge is 0.507 e. The number of aromatic hydroxyl groups is 2. The summed E-state index contributed by atoms with van der Waals surface area (Å²) in [5.74, 6) is 0.123. The lowest BCUT2D eigenvalue weighted by Crippen LogP contribution is -2.14. The normalized spacial score (nSPS) is 10.5.